The summed E-state index contributed by atoms with van der Waals surface area (Å²) in [6, 6.07) is 0. The number of H-pyrrole nitrogens is 1. The van der Waals surface area contributed by atoms with Crippen molar-refractivity contribution in [3.8, 4) is 0 Å². The van der Waals surface area contributed by atoms with E-state index in [2.05, 4.69) is 20.6 Å². The topological polar surface area (TPSA) is 176 Å². The molecule has 0 aromatic carbocycles. The lowest BCUT2D eigenvalue weighted by atomic mass is 10.3. The Kier molecular flexibility index (Phi) is 3.88. The zero-order chi connectivity index (χ0) is 13.1. The molecule has 0 saturated carbocycles. The van der Waals surface area contributed by atoms with Crippen LogP contribution in [0, 0.1) is 0 Å². The Bertz CT molecular complexity index is 544. The average Bonchev–Trinajstić information content (AvgIpc) is 2.14. The smallest absolute Gasteiger partial charge is 0.277 e. The van der Waals surface area contributed by atoms with Crippen molar-refractivity contribution in [2.75, 3.05) is 29.5 Å². The van der Waals surface area contributed by atoms with Crippen molar-refractivity contribution < 1.29 is 17.5 Å². The second-order valence-electron chi connectivity index (χ2n) is 2.94. The maximum atomic E-state index is 11.2. The third-order valence-electron chi connectivity index (χ3n) is 1.66. The molecule has 0 amide bonds. The molecule has 0 fully saturated rings. The number of hydrogen-bond acceptors (Lipinski definition) is 9. The van der Waals surface area contributed by atoms with Crippen LogP contribution in [-0.2, 0) is 10.4 Å². The molecule has 96 valence electrons. The molecular weight excluding hydrogens is 254 g/mol. The summed E-state index contributed by atoms with van der Waals surface area (Å²) in [6.45, 7) is 1.48. The summed E-state index contributed by atoms with van der Waals surface area (Å²) in [6.07, 6.45) is 0. The highest BCUT2D eigenvalue weighted by Gasteiger charge is 2.12. The lowest BCUT2D eigenvalue weighted by Gasteiger charge is -2.17. The van der Waals surface area contributed by atoms with E-state index in [1.54, 1.807) is 0 Å². The number of hydrogen-bond donors (Lipinski definition) is 4. The van der Waals surface area contributed by atoms with Gasteiger partial charge in [-0.1, -0.05) is 0 Å². The Morgan fingerprint density at radius 1 is 1.24 bits per heavy atom. The van der Waals surface area contributed by atoms with Gasteiger partial charge in [-0.25, -0.2) is 0 Å². The van der Waals surface area contributed by atoms with Crippen molar-refractivity contribution in [2.24, 2.45) is 0 Å². The second kappa shape index (κ2) is 4.99. The maximum Gasteiger partial charge on any atom is 0.277 e. The van der Waals surface area contributed by atoms with Crippen LogP contribution in [0.2, 0.25) is 0 Å². The Hall–Kier alpha value is -1.85. The first kappa shape index (κ1) is 13.2. The Labute approximate surface area is 95.8 Å². The van der Waals surface area contributed by atoms with Gasteiger partial charge in [-0.05, 0) is 0 Å². The number of nitrogens with zero attached hydrogens (tertiary/aromatic N) is 1. The summed E-state index contributed by atoms with van der Waals surface area (Å²) in [7, 11) is -5.17. The normalized spacial score (nSPS) is 13.5. The first-order valence-electron chi connectivity index (χ1n) is 4.31. The van der Waals surface area contributed by atoms with Gasteiger partial charge < -0.3 is 25.5 Å². The van der Waals surface area contributed by atoms with Crippen molar-refractivity contribution in [3.63, 3.8) is 0 Å². The van der Waals surface area contributed by atoms with Crippen LogP contribution in [0.15, 0.2) is 4.79 Å². The Morgan fingerprint density at radius 2 is 1.76 bits per heavy atom. The van der Waals surface area contributed by atoms with Gasteiger partial charge in [-0.2, -0.15) is 4.98 Å². The highest BCUT2D eigenvalue weighted by atomic mass is 32.3. The minimum absolute atomic E-state index is 0.134. The molecule has 5 N–H and O–H groups in total. The van der Waals surface area contributed by atoms with Gasteiger partial charge in [0.2, 0.25) is 5.95 Å². The predicted octanol–water partition coefficient (Wildman–Crippen LogP) is -2.15. The van der Waals surface area contributed by atoms with Crippen molar-refractivity contribution in [1.29, 1.82) is 0 Å². The minimum atomic E-state index is -5.17. The SMILES string of the molecule is Nc1nc2c(c(=O)[nH]1)NCCN2.O=S(=O)([O-])[O-]. The van der Waals surface area contributed by atoms with Gasteiger partial charge in [-0.3, -0.25) is 18.2 Å². The van der Waals surface area contributed by atoms with E-state index in [-0.39, 0.29) is 11.5 Å². The number of nitrogen functional groups attached to an aromatic ring is 1. The van der Waals surface area contributed by atoms with Crippen LogP contribution in [0.25, 0.3) is 0 Å². The van der Waals surface area contributed by atoms with E-state index in [1.165, 1.54) is 0 Å². The van der Waals surface area contributed by atoms with Gasteiger partial charge in [0.15, 0.2) is 5.82 Å². The van der Waals surface area contributed by atoms with Gasteiger partial charge in [0, 0.05) is 23.5 Å². The van der Waals surface area contributed by atoms with E-state index in [0.29, 0.717) is 11.5 Å². The molecule has 0 unspecified atom stereocenters. The van der Waals surface area contributed by atoms with Gasteiger partial charge in [0.1, 0.15) is 5.69 Å². The van der Waals surface area contributed by atoms with Crippen molar-refractivity contribution in [2.45, 2.75) is 0 Å². The fraction of sp³-hybridized carbons (Fsp3) is 0.333. The number of aromatic amines is 1. The number of nitrogens with two attached hydrogens (primary N) is 1. The fourth-order valence-corrected chi connectivity index (χ4v) is 1.15. The molecule has 0 spiro atoms. The van der Waals surface area contributed by atoms with Gasteiger partial charge in [-0.15, -0.1) is 0 Å². The average molecular weight is 263 g/mol. The first-order valence-corrected chi connectivity index (χ1v) is 5.65. The summed E-state index contributed by atoms with van der Waals surface area (Å²) >= 11 is 0. The van der Waals surface area contributed by atoms with Crippen LogP contribution in [0.5, 0.6) is 0 Å². The van der Waals surface area contributed by atoms with E-state index in [4.69, 9.17) is 23.3 Å². The number of rotatable bonds is 0. The fourth-order valence-electron chi connectivity index (χ4n) is 1.15. The second-order valence-corrected chi connectivity index (χ2v) is 3.75. The lowest BCUT2D eigenvalue weighted by Crippen LogP contribution is -2.28. The van der Waals surface area contributed by atoms with Gasteiger partial charge in [0.05, 0.1) is 0 Å². The molecule has 0 radical (unpaired) electrons. The molecule has 17 heavy (non-hydrogen) atoms. The van der Waals surface area contributed by atoms with Crippen LogP contribution in [0.3, 0.4) is 0 Å². The molecule has 0 aliphatic carbocycles. The molecule has 11 heteroatoms. The lowest BCUT2D eigenvalue weighted by molar-refractivity contribution is 0.352. The molecule has 1 aromatic rings. The van der Waals surface area contributed by atoms with Crippen LogP contribution in [-0.4, -0.2) is 40.6 Å². The maximum absolute atomic E-state index is 11.2. The molecule has 2 rings (SSSR count). The van der Waals surface area contributed by atoms with Crippen LogP contribution >= 0.6 is 0 Å². The molecule has 0 atom stereocenters. The Morgan fingerprint density at radius 3 is 2.35 bits per heavy atom. The molecule has 0 bridgehead atoms. The molecular formula is C6H9N5O5S-2. The summed E-state index contributed by atoms with van der Waals surface area (Å²) in [5, 5.41) is 5.90. The molecule has 0 saturated heterocycles. The largest absolute Gasteiger partial charge is 0.759 e. The summed E-state index contributed by atoms with van der Waals surface area (Å²) in [5.41, 5.74) is 5.58. The number of aromatic nitrogens is 2. The predicted molar refractivity (Wildman–Crippen MR) is 56.7 cm³/mol. The van der Waals surface area contributed by atoms with E-state index >= 15 is 0 Å². The van der Waals surface area contributed by atoms with E-state index in [1.807, 2.05) is 0 Å². The van der Waals surface area contributed by atoms with E-state index < -0.39 is 10.4 Å². The molecule has 10 nitrogen and oxygen atoms in total. The Balaban J connectivity index is 0.000000249. The van der Waals surface area contributed by atoms with Gasteiger partial charge in [0.25, 0.3) is 5.56 Å². The highest BCUT2D eigenvalue weighted by Crippen LogP contribution is 2.16. The quantitative estimate of drug-likeness (QED) is 0.300. The van der Waals surface area contributed by atoms with Crippen LogP contribution < -0.4 is 21.9 Å². The third kappa shape index (κ3) is 4.67. The highest BCUT2D eigenvalue weighted by molar-refractivity contribution is 7.79. The number of anilines is 3. The zero-order valence-corrected chi connectivity index (χ0v) is 9.20. The zero-order valence-electron chi connectivity index (χ0n) is 8.39. The monoisotopic (exact) mass is 263 g/mol. The van der Waals surface area contributed by atoms with Crippen molar-refractivity contribution >= 4 is 27.9 Å². The third-order valence-corrected chi connectivity index (χ3v) is 1.66. The summed E-state index contributed by atoms with van der Waals surface area (Å²) < 4.78 is 34.1. The molecule has 1 aliphatic heterocycles. The van der Waals surface area contributed by atoms with E-state index in [0.717, 1.165) is 13.1 Å². The minimum Gasteiger partial charge on any atom is -0.759 e. The summed E-state index contributed by atoms with van der Waals surface area (Å²) in [4.78, 5) is 17.5. The summed E-state index contributed by atoms with van der Waals surface area (Å²) in [5.74, 6) is 0.664. The van der Waals surface area contributed by atoms with Gasteiger partial charge >= 0.3 is 0 Å². The van der Waals surface area contributed by atoms with E-state index in [9.17, 15) is 4.79 Å². The standard InChI is InChI=1S/C6H9N5O.H2O4S/c7-6-10-4-3(5(12)11-6)8-1-2-9-4;1-5(2,3)4/h8H,1-2H2,(H4,7,9,10,11,12);(H2,1,2,3,4)/p-2. The van der Waals surface area contributed by atoms with Crippen molar-refractivity contribution in [3.05, 3.63) is 10.4 Å². The molecule has 2 heterocycles. The number of fused-ring (bicyclic) bond motifs is 1. The van der Waals surface area contributed by atoms with Crippen molar-refractivity contribution in [1.82, 2.24) is 9.97 Å². The first-order chi connectivity index (χ1) is 7.77. The molecule has 1 aliphatic rings. The van der Waals surface area contributed by atoms with Crippen LogP contribution in [0.4, 0.5) is 17.5 Å². The molecule has 1 aromatic heterocycles. The number of nitrogens with one attached hydrogen (secondary N) is 3. The van der Waals surface area contributed by atoms with Crippen LogP contribution in [0.1, 0.15) is 0 Å².